The topological polar surface area (TPSA) is 120 Å². The fourth-order valence-corrected chi connectivity index (χ4v) is 3.44. The van der Waals surface area contributed by atoms with Crippen LogP contribution in [-0.2, 0) is 34.9 Å². The monoisotopic (exact) mass is 415 g/mol. The largest absolute Gasteiger partial charge is 0.466 e. The van der Waals surface area contributed by atoms with E-state index in [2.05, 4.69) is 9.47 Å². The van der Waals surface area contributed by atoms with E-state index < -0.39 is 27.8 Å². The van der Waals surface area contributed by atoms with Gasteiger partial charge < -0.3 is 13.7 Å². The first-order valence-electron chi connectivity index (χ1n) is 8.18. The zero-order chi connectivity index (χ0) is 21.4. The molecule has 29 heavy (non-hydrogen) atoms. The van der Waals surface area contributed by atoms with E-state index in [1.165, 1.54) is 36.4 Å². The van der Waals surface area contributed by atoms with Gasteiger partial charge in [-0.2, -0.15) is 13.7 Å². The number of para-hydroxylation sites is 1. The Balaban J connectivity index is 2.33. The smallest absolute Gasteiger partial charge is 0.338 e. The molecule has 0 aromatic heterocycles. The number of hydrogen-bond donors (Lipinski definition) is 0. The minimum absolute atomic E-state index is 0.0769. The lowest BCUT2D eigenvalue weighted by Gasteiger charge is -2.10. The van der Waals surface area contributed by atoms with Crippen LogP contribution in [0.5, 0.6) is 5.75 Å². The molecule has 2 rings (SSSR count). The first kappa shape index (κ1) is 21.7. The molecule has 9 heteroatoms. The highest BCUT2D eigenvalue weighted by Gasteiger charge is 2.19. The Hall–Kier alpha value is -3.64. The molecule has 0 spiro atoms. The molecule has 0 heterocycles. The number of nitriles is 1. The number of methoxy groups -OCH3 is 2. The quantitative estimate of drug-likeness (QED) is 0.383. The maximum Gasteiger partial charge on any atom is 0.338 e. The third-order valence-corrected chi connectivity index (χ3v) is 4.79. The van der Waals surface area contributed by atoms with Crippen LogP contribution in [-0.4, -0.2) is 34.6 Å². The number of ether oxygens (including phenoxy) is 2. The SMILES string of the molecule is COC(=O)/C=C(/C(=O)OC)c1cccc(CS(=O)(=O)Oc2ccccc2C#N)c1. The lowest BCUT2D eigenvalue weighted by atomic mass is 10.0. The second kappa shape index (κ2) is 9.52. The summed E-state index contributed by atoms with van der Waals surface area (Å²) in [7, 11) is -1.78. The zero-order valence-corrected chi connectivity index (χ0v) is 16.4. The molecular weight excluding hydrogens is 398 g/mol. The van der Waals surface area contributed by atoms with Crippen LogP contribution in [0.25, 0.3) is 5.57 Å². The van der Waals surface area contributed by atoms with Crippen LogP contribution in [0.2, 0.25) is 0 Å². The number of benzene rings is 2. The predicted octanol–water partition coefficient (Wildman–Crippen LogP) is 2.20. The molecule has 0 saturated carbocycles. The van der Waals surface area contributed by atoms with Crippen LogP contribution in [0, 0.1) is 11.3 Å². The van der Waals surface area contributed by atoms with Gasteiger partial charge in [0.1, 0.15) is 11.8 Å². The second-order valence-electron chi connectivity index (χ2n) is 5.67. The molecule has 8 nitrogen and oxygen atoms in total. The summed E-state index contributed by atoms with van der Waals surface area (Å²) >= 11 is 0. The van der Waals surface area contributed by atoms with E-state index in [0.717, 1.165) is 20.3 Å². The van der Waals surface area contributed by atoms with Crippen molar-refractivity contribution in [2.45, 2.75) is 5.75 Å². The Morgan fingerprint density at radius 1 is 1.07 bits per heavy atom. The van der Waals surface area contributed by atoms with Crippen molar-refractivity contribution in [2.24, 2.45) is 0 Å². The van der Waals surface area contributed by atoms with Gasteiger partial charge in [-0.1, -0.05) is 30.3 Å². The van der Waals surface area contributed by atoms with Gasteiger partial charge in [-0.05, 0) is 29.3 Å². The summed E-state index contributed by atoms with van der Waals surface area (Å²) in [5.41, 5.74) is 0.567. The molecule has 0 radical (unpaired) electrons. The van der Waals surface area contributed by atoms with Crippen LogP contribution >= 0.6 is 0 Å². The minimum atomic E-state index is -4.09. The highest BCUT2D eigenvalue weighted by atomic mass is 32.2. The maximum atomic E-state index is 12.4. The van der Waals surface area contributed by atoms with Crippen molar-refractivity contribution in [3.63, 3.8) is 0 Å². The molecule has 0 saturated heterocycles. The van der Waals surface area contributed by atoms with Crippen molar-refractivity contribution in [3.05, 3.63) is 71.3 Å². The number of hydrogen-bond acceptors (Lipinski definition) is 8. The Bertz CT molecular complexity index is 1100. The van der Waals surface area contributed by atoms with Gasteiger partial charge in [-0.15, -0.1) is 0 Å². The van der Waals surface area contributed by atoms with Crippen molar-refractivity contribution >= 4 is 27.6 Å². The Morgan fingerprint density at radius 3 is 2.45 bits per heavy atom. The lowest BCUT2D eigenvalue weighted by Crippen LogP contribution is -2.13. The van der Waals surface area contributed by atoms with E-state index in [1.807, 2.05) is 6.07 Å². The van der Waals surface area contributed by atoms with Crippen molar-refractivity contribution in [3.8, 4) is 11.8 Å². The van der Waals surface area contributed by atoms with Crippen molar-refractivity contribution in [2.75, 3.05) is 14.2 Å². The average molecular weight is 415 g/mol. The van der Waals surface area contributed by atoms with E-state index >= 15 is 0 Å². The van der Waals surface area contributed by atoms with Crippen molar-refractivity contribution in [1.82, 2.24) is 0 Å². The van der Waals surface area contributed by atoms with Gasteiger partial charge in [0.05, 0.1) is 25.4 Å². The van der Waals surface area contributed by atoms with Gasteiger partial charge >= 0.3 is 22.1 Å². The number of carbonyl (C=O) groups is 2. The Morgan fingerprint density at radius 2 is 1.79 bits per heavy atom. The first-order valence-corrected chi connectivity index (χ1v) is 9.76. The van der Waals surface area contributed by atoms with E-state index in [0.29, 0.717) is 5.56 Å². The summed E-state index contributed by atoms with van der Waals surface area (Å²) in [6.07, 6.45) is 0.957. The normalized spacial score (nSPS) is 11.3. The molecular formula is C20H17NO7S. The predicted molar refractivity (Wildman–Crippen MR) is 103 cm³/mol. The summed E-state index contributed by atoms with van der Waals surface area (Å²) in [5, 5.41) is 9.06. The van der Waals surface area contributed by atoms with E-state index in [9.17, 15) is 18.0 Å². The Labute approximate surface area is 168 Å². The third kappa shape index (κ3) is 5.92. The third-order valence-electron chi connectivity index (χ3n) is 3.67. The molecule has 0 amide bonds. The molecule has 0 aliphatic heterocycles. The molecule has 0 aliphatic rings. The molecule has 0 unspecified atom stereocenters. The lowest BCUT2D eigenvalue weighted by molar-refractivity contribution is -0.136. The molecule has 0 bridgehead atoms. The fourth-order valence-electron chi connectivity index (χ4n) is 2.38. The summed E-state index contributed by atoms with van der Waals surface area (Å²) < 4.78 is 39.1. The van der Waals surface area contributed by atoms with Gasteiger partial charge in [0.25, 0.3) is 0 Å². The molecule has 0 N–H and O–H groups in total. The highest BCUT2D eigenvalue weighted by molar-refractivity contribution is 7.86. The number of rotatable bonds is 7. The van der Waals surface area contributed by atoms with Gasteiger partial charge in [0.15, 0.2) is 5.75 Å². The van der Waals surface area contributed by atoms with E-state index in [4.69, 9.17) is 9.44 Å². The van der Waals surface area contributed by atoms with Crippen LogP contribution < -0.4 is 4.18 Å². The highest BCUT2D eigenvalue weighted by Crippen LogP contribution is 2.22. The van der Waals surface area contributed by atoms with E-state index in [-0.39, 0.29) is 22.4 Å². The average Bonchev–Trinajstić information content (AvgIpc) is 2.71. The maximum absolute atomic E-state index is 12.4. The minimum Gasteiger partial charge on any atom is -0.466 e. The molecule has 0 aliphatic carbocycles. The molecule has 2 aromatic rings. The molecule has 0 atom stereocenters. The zero-order valence-electron chi connectivity index (χ0n) is 15.6. The first-order chi connectivity index (χ1) is 13.8. The summed E-state index contributed by atoms with van der Waals surface area (Å²) in [5.74, 6) is -2.14. The number of carbonyl (C=O) groups excluding carboxylic acids is 2. The van der Waals surface area contributed by atoms with Gasteiger partial charge in [-0.3, -0.25) is 0 Å². The molecule has 150 valence electrons. The number of nitrogens with zero attached hydrogens (tertiary/aromatic N) is 1. The van der Waals surface area contributed by atoms with Crippen LogP contribution in [0.3, 0.4) is 0 Å². The standard InChI is InChI=1S/C20H17NO7S/c1-26-19(22)11-17(20(23)27-2)15-8-5-6-14(10-15)13-29(24,25)28-18-9-4-3-7-16(18)12-21/h3-11H,13H2,1-2H3/b17-11+. The Kier molecular flexibility index (Phi) is 7.11. The van der Waals surface area contributed by atoms with Crippen LogP contribution in [0.15, 0.2) is 54.6 Å². The summed E-state index contributed by atoms with van der Waals surface area (Å²) in [6.45, 7) is 0. The van der Waals surface area contributed by atoms with Crippen LogP contribution in [0.4, 0.5) is 0 Å². The van der Waals surface area contributed by atoms with Crippen LogP contribution in [0.1, 0.15) is 16.7 Å². The second-order valence-corrected chi connectivity index (χ2v) is 7.24. The molecule has 0 fully saturated rings. The summed E-state index contributed by atoms with van der Waals surface area (Å²) in [6, 6.07) is 13.8. The summed E-state index contributed by atoms with van der Waals surface area (Å²) in [4.78, 5) is 23.5. The van der Waals surface area contributed by atoms with Gasteiger partial charge in [0.2, 0.25) is 0 Å². The van der Waals surface area contributed by atoms with Crippen molar-refractivity contribution in [1.29, 1.82) is 5.26 Å². The fraction of sp³-hybridized carbons (Fsp3) is 0.150. The van der Waals surface area contributed by atoms with Gasteiger partial charge in [0, 0.05) is 6.08 Å². The van der Waals surface area contributed by atoms with Gasteiger partial charge in [-0.25, -0.2) is 9.59 Å². The molecule has 2 aromatic carbocycles. The van der Waals surface area contributed by atoms with E-state index in [1.54, 1.807) is 12.1 Å². The van der Waals surface area contributed by atoms with Crippen molar-refractivity contribution < 1.29 is 31.7 Å². The number of esters is 2.